The summed E-state index contributed by atoms with van der Waals surface area (Å²) in [6.07, 6.45) is 2.37. The number of likely N-dealkylation sites (tertiary alicyclic amines) is 1. The van der Waals surface area contributed by atoms with E-state index in [0.717, 1.165) is 19.5 Å². The molecular weight excluding hydrogens is 162 g/mol. The smallest absolute Gasteiger partial charge is 0.0409 e. The van der Waals surface area contributed by atoms with Crippen molar-refractivity contribution >= 4 is 0 Å². The minimum atomic E-state index is 0.137. The highest BCUT2D eigenvalue weighted by Crippen LogP contribution is 2.20. The van der Waals surface area contributed by atoms with E-state index in [-0.39, 0.29) is 5.54 Å². The first-order valence-electron chi connectivity index (χ1n) is 5.22. The molecule has 13 heavy (non-hydrogen) atoms. The first-order chi connectivity index (χ1) is 6.06. The molecule has 0 radical (unpaired) electrons. The molecule has 1 heterocycles. The van der Waals surface area contributed by atoms with Crippen molar-refractivity contribution in [1.29, 1.82) is 0 Å². The van der Waals surface area contributed by atoms with Gasteiger partial charge in [-0.05, 0) is 40.0 Å². The van der Waals surface area contributed by atoms with E-state index in [9.17, 15) is 0 Å². The van der Waals surface area contributed by atoms with E-state index >= 15 is 0 Å². The summed E-state index contributed by atoms with van der Waals surface area (Å²) >= 11 is 0. The summed E-state index contributed by atoms with van der Waals surface area (Å²) in [4.78, 5) is 4.68. The Morgan fingerprint density at radius 1 is 1.38 bits per heavy atom. The fraction of sp³-hybridized carbons (Fsp3) is 1.00. The SMILES string of the molecule is CCC1(N)CN(CCCN(C)C)C1. The van der Waals surface area contributed by atoms with E-state index in [1.54, 1.807) is 0 Å². The minimum Gasteiger partial charge on any atom is -0.323 e. The van der Waals surface area contributed by atoms with Crippen LogP contribution in [0.25, 0.3) is 0 Å². The van der Waals surface area contributed by atoms with Crippen LogP contribution in [0.15, 0.2) is 0 Å². The lowest BCUT2D eigenvalue weighted by molar-refractivity contribution is 0.0651. The summed E-state index contributed by atoms with van der Waals surface area (Å²) in [5.74, 6) is 0. The van der Waals surface area contributed by atoms with E-state index in [1.165, 1.54) is 19.5 Å². The van der Waals surface area contributed by atoms with Crippen molar-refractivity contribution in [1.82, 2.24) is 9.80 Å². The molecule has 2 N–H and O–H groups in total. The Kier molecular flexibility index (Phi) is 3.71. The normalized spacial score (nSPS) is 21.9. The second-order valence-corrected chi connectivity index (χ2v) is 4.58. The molecule has 0 saturated carbocycles. The van der Waals surface area contributed by atoms with E-state index in [2.05, 4.69) is 30.8 Å². The Hall–Kier alpha value is -0.120. The molecule has 78 valence electrons. The summed E-state index contributed by atoms with van der Waals surface area (Å²) in [6.45, 7) is 6.75. The van der Waals surface area contributed by atoms with Crippen LogP contribution < -0.4 is 5.73 Å². The molecule has 0 aromatic carbocycles. The first-order valence-corrected chi connectivity index (χ1v) is 5.22. The zero-order valence-corrected chi connectivity index (χ0v) is 9.21. The molecule has 0 unspecified atom stereocenters. The van der Waals surface area contributed by atoms with Gasteiger partial charge in [0.05, 0.1) is 0 Å². The lowest BCUT2D eigenvalue weighted by Crippen LogP contribution is -2.66. The Balaban J connectivity index is 2.02. The molecule has 0 aromatic heterocycles. The summed E-state index contributed by atoms with van der Waals surface area (Å²) < 4.78 is 0. The Morgan fingerprint density at radius 3 is 2.46 bits per heavy atom. The van der Waals surface area contributed by atoms with Gasteiger partial charge >= 0.3 is 0 Å². The summed E-state index contributed by atoms with van der Waals surface area (Å²) in [5, 5.41) is 0. The lowest BCUT2D eigenvalue weighted by atomic mass is 9.88. The molecule has 0 spiro atoms. The zero-order valence-electron chi connectivity index (χ0n) is 9.21. The van der Waals surface area contributed by atoms with Crippen molar-refractivity contribution < 1.29 is 0 Å². The fourth-order valence-electron chi connectivity index (χ4n) is 1.84. The maximum Gasteiger partial charge on any atom is 0.0409 e. The first kappa shape index (κ1) is 11.0. The van der Waals surface area contributed by atoms with Gasteiger partial charge in [0.2, 0.25) is 0 Å². The largest absolute Gasteiger partial charge is 0.323 e. The molecule has 1 fully saturated rings. The van der Waals surface area contributed by atoms with Gasteiger partial charge in [0.15, 0.2) is 0 Å². The summed E-state index contributed by atoms with van der Waals surface area (Å²) in [7, 11) is 4.24. The monoisotopic (exact) mass is 185 g/mol. The van der Waals surface area contributed by atoms with E-state index in [4.69, 9.17) is 5.73 Å². The minimum absolute atomic E-state index is 0.137. The molecular formula is C10H23N3. The van der Waals surface area contributed by atoms with Gasteiger partial charge in [-0.3, -0.25) is 4.90 Å². The molecule has 1 aliphatic heterocycles. The van der Waals surface area contributed by atoms with Gasteiger partial charge in [-0.25, -0.2) is 0 Å². The van der Waals surface area contributed by atoms with Gasteiger partial charge in [-0.2, -0.15) is 0 Å². The van der Waals surface area contributed by atoms with Crippen LogP contribution in [0.5, 0.6) is 0 Å². The van der Waals surface area contributed by atoms with Gasteiger partial charge in [0.25, 0.3) is 0 Å². The second kappa shape index (κ2) is 4.40. The Labute approximate surface area is 81.9 Å². The number of hydrogen-bond donors (Lipinski definition) is 1. The van der Waals surface area contributed by atoms with Crippen molar-refractivity contribution in [3.8, 4) is 0 Å². The highest BCUT2D eigenvalue weighted by molar-refractivity contribution is 4.98. The third-order valence-electron chi connectivity index (χ3n) is 2.86. The van der Waals surface area contributed by atoms with Crippen LogP contribution in [0, 0.1) is 0 Å². The van der Waals surface area contributed by atoms with Crippen LogP contribution in [0.1, 0.15) is 19.8 Å². The van der Waals surface area contributed by atoms with Crippen molar-refractivity contribution in [2.75, 3.05) is 40.3 Å². The van der Waals surface area contributed by atoms with Gasteiger partial charge in [-0.15, -0.1) is 0 Å². The number of hydrogen-bond acceptors (Lipinski definition) is 3. The van der Waals surface area contributed by atoms with Gasteiger partial charge in [0, 0.05) is 18.6 Å². The molecule has 0 aromatic rings. The van der Waals surface area contributed by atoms with E-state index < -0.39 is 0 Å². The quantitative estimate of drug-likeness (QED) is 0.671. The molecule has 0 bridgehead atoms. The average Bonchev–Trinajstić information content (AvgIpc) is 2.00. The van der Waals surface area contributed by atoms with E-state index in [0.29, 0.717) is 0 Å². The van der Waals surface area contributed by atoms with Crippen molar-refractivity contribution in [3.63, 3.8) is 0 Å². The van der Waals surface area contributed by atoms with Crippen LogP contribution in [0.4, 0.5) is 0 Å². The van der Waals surface area contributed by atoms with Crippen molar-refractivity contribution in [3.05, 3.63) is 0 Å². The molecule has 0 amide bonds. The average molecular weight is 185 g/mol. The van der Waals surface area contributed by atoms with Crippen LogP contribution in [-0.4, -0.2) is 55.6 Å². The molecule has 0 atom stereocenters. The Morgan fingerprint density at radius 2 is 2.00 bits per heavy atom. The molecule has 1 aliphatic rings. The lowest BCUT2D eigenvalue weighted by Gasteiger charge is -2.47. The molecule has 1 rings (SSSR count). The second-order valence-electron chi connectivity index (χ2n) is 4.58. The van der Waals surface area contributed by atoms with Gasteiger partial charge in [-0.1, -0.05) is 6.92 Å². The summed E-state index contributed by atoms with van der Waals surface area (Å²) in [5.41, 5.74) is 6.21. The van der Waals surface area contributed by atoms with Crippen LogP contribution in [0.2, 0.25) is 0 Å². The number of rotatable bonds is 5. The van der Waals surface area contributed by atoms with E-state index in [1.807, 2.05) is 0 Å². The van der Waals surface area contributed by atoms with Crippen molar-refractivity contribution in [2.45, 2.75) is 25.3 Å². The molecule has 1 saturated heterocycles. The van der Waals surface area contributed by atoms with Crippen LogP contribution in [0.3, 0.4) is 0 Å². The van der Waals surface area contributed by atoms with Gasteiger partial charge < -0.3 is 10.6 Å². The third-order valence-corrected chi connectivity index (χ3v) is 2.86. The highest BCUT2D eigenvalue weighted by Gasteiger charge is 2.36. The molecule has 3 heteroatoms. The zero-order chi connectivity index (χ0) is 9.90. The third kappa shape index (κ3) is 3.25. The standard InChI is InChI=1S/C10H23N3/c1-4-10(11)8-13(9-10)7-5-6-12(2)3/h4-9,11H2,1-3H3. The highest BCUT2D eigenvalue weighted by atomic mass is 15.2. The Bertz CT molecular complexity index is 150. The van der Waals surface area contributed by atoms with Crippen molar-refractivity contribution in [2.24, 2.45) is 5.73 Å². The number of nitrogens with zero attached hydrogens (tertiary/aromatic N) is 2. The fourth-order valence-corrected chi connectivity index (χ4v) is 1.84. The number of nitrogens with two attached hydrogens (primary N) is 1. The maximum atomic E-state index is 6.07. The van der Waals surface area contributed by atoms with Crippen LogP contribution >= 0.6 is 0 Å². The predicted molar refractivity (Wildman–Crippen MR) is 56.8 cm³/mol. The predicted octanol–water partition coefficient (Wildman–Crippen LogP) is 0.361. The maximum absolute atomic E-state index is 6.07. The summed E-state index contributed by atoms with van der Waals surface area (Å²) in [6, 6.07) is 0. The molecule has 0 aliphatic carbocycles. The molecule has 3 nitrogen and oxygen atoms in total. The van der Waals surface area contributed by atoms with Crippen LogP contribution in [-0.2, 0) is 0 Å². The topological polar surface area (TPSA) is 32.5 Å². The van der Waals surface area contributed by atoms with Gasteiger partial charge in [0.1, 0.15) is 0 Å².